The standard InChI is InChI=1S/C7H10BrN3O2/c1-13-6(12)2-3-11-4-5(8)7(9)10-11/h4H,2-3H2,1H3,(H2,9,10). The SMILES string of the molecule is COC(=O)CCn1cc(Br)c(N)n1. The fourth-order valence-corrected chi connectivity index (χ4v) is 1.15. The molecule has 0 bridgehead atoms. The molecule has 0 aromatic carbocycles. The Morgan fingerprint density at radius 1 is 1.85 bits per heavy atom. The third-order valence-electron chi connectivity index (χ3n) is 1.52. The number of anilines is 1. The molecule has 0 radical (unpaired) electrons. The van der Waals surface area contributed by atoms with Crippen molar-refractivity contribution in [3.8, 4) is 0 Å². The van der Waals surface area contributed by atoms with E-state index in [4.69, 9.17) is 5.73 Å². The molecule has 0 saturated heterocycles. The predicted octanol–water partition coefficient (Wildman–Crippen LogP) is 0.791. The van der Waals surface area contributed by atoms with Crippen molar-refractivity contribution in [3.63, 3.8) is 0 Å². The summed E-state index contributed by atoms with van der Waals surface area (Å²) < 4.78 is 6.81. The highest BCUT2D eigenvalue weighted by Crippen LogP contribution is 2.16. The number of aryl methyl sites for hydroxylation is 1. The molecule has 0 saturated carbocycles. The first-order valence-electron chi connectivity index (χ1n) is 3.68. The van der Waals surface area contributed by atoms with Crippen molar-refractivity contribution in [1.29, 1.82) is 0 Å². The maximum atomic E-state index is 10.8. The van der Waals surface area contributed by atoms with Crippen molar-refractivity contribution in [1.82, 2.24) is 9.78 Å². The molecule has 13 heavy (non-hydrogen) atoms. The Labute approximate surface area is 84.0 Å². The largest absolute Gasteiger partial charge is 0.469 e. The van der Waals surface area contributed by atoms with Crippen LogP contribution < -0.4 is 5.73 Å². The van der Waals surface area contributed by atoms with Crippen LogP contribution in [-0.4, -0.2) is 22.9 Å². The molecule has 0 spiro atoms. The Balaban J connectivity index is 2.50. The van der Waals surface area contributed by atoms with Gasteiger partial charge in [-0.05, 0) is 15.9 Å². The molecule has 6 heteroatoms. The summed E-state index contributed by atoms with van der Waals surface area (Å²) in [5, 5.41) is 3.96. The third-order valence-corrected chi connectivity index (χ3v) is 2.13. The minimum absolute atomic E-state index is 0.259. The lowest BCUT2D eigenvalue weighted by Gasteiger charge is -1.98. The summed E-state index contributed by atoms with van der Waals surface area (Å²) in [5.41, 5.74) is 5.48. The molecule has 1 rings (SSSR count). The molecular formula is C7H10BrN3O2. The summed E-state index contributed by atoms with van der Waals surface area (Å²) in [6.07, 6.45) is 2.02. The number of nitrogens with zero attached hydrogens (tertiary/aromatic N) is 2. The van der Waals surface area contributed by atoms with Gasteiger partial charge in [0.2, 0.25) is 0 Å². The molecule has 0 fully saturated rings. The molecule has 0 aliphatic carbocycles. The van der Waals surface area contributed by atoms with E-state index in [1.807, 2.05) is 0 Å². The monoisotopic (exact) mass is 247 g/mol. The average Bonchev–Trinajstić information content (AvgIpc) is 2.42. The molecule has 1 aromatic rings. The fourth-order valence-electron chi connectivity index (χ4n) is 0.834. The van der Waals surface area contributed by atoms with Crippen LogP contribution in [0.5, 0.6) is 0 Å². The van der Waals surface area contributed by atoms with Gasteiger partial charge in [-0.1, -0.05) is 0 Å². The number of nitrogens with two attached hydrogens (primary N) is 1. The van der Waals surface area contributed by atoms with Gasteiger partial charge in [0.25, 0.3) is 0 Å². The summed E-state index contributed by atoms with van der Waals surface area (Å²) >= 11 is 3.22. The van der Waals surface area contributed by atoms with Gasteiger partial charge in [0, 0.05) is 6.20 Å². The number of halogens is 1. The van der Waals surface area contributed by atoms with Crippen molar-refractivity contribution >= 4 is 27.7 Å². The number of methoxy groups -OCH3 is 1. The van der Waals surface area contributed by atoms with Gasteiger partial charge in [-0.2, -0.15) is 5.10 Å². The average molecular weight is 248 g/mol. The molecule has 0 unspecified atom stereocenters. The zero-order chi connectivity index (χ0) is 9.84. The molecular weight excluding hydrogens is 238 g/mol. The van der Waals surface area contributed by atoms with Gasteiger partial charge >= 0.3 is 5.97 Å². The zero-order valence-electron chi connectivity index (χ0n) is 7.16. The zero-order valence-corrected chi connectivity index (χ0v) is 8.74. The van der Waals surface area contributed by atoms with Crippen molar-refractivity contribution in [2.75, 3.05) is 12.8 Å². The molecule has 0 amide bonds. The summed E-state index contributed by atoms with van der Waals surface area (Å²) in [4.78, 5) is 10.8. The lowest BCUT2D eigenvalue weighted by Crippen LogP contribution is -2.07. The molecule has 0 atom stereocenters. The highest BCUT2D eigenvalue weighted by atomic mass is 79.9. The Morgan fingerprint density at radius 2 is 2.54 bits per heavy atom. The number of hydrogen-bond acceptors (Lipinski definition) is 4. The van der Waals surface area contributed by atoms with E-state index >= 15 is 0 Å². The van der Waals surface area contributed by atoms with E-state index in [0.717, 1.165) is 4.47 Å². The number of ether oxygens (including phenoxy) is 1. The number of hydrogen-bond donors (Lipinski definition) is 1. The van der Waals surface area contributed by atoms with Gasteiger partial charge in [0.15, 0.2) is 5.82 Å². The van der Waals surface area contributed by atoms with E-state index in [2.05, 4.69) is 25.8 Å². The first kappa shape index (κ1) is 10.0. The number of carbonyl (C=O) groups excluding carboxylic acids is 1. The topological polar surface area (TPSA) is 70.1 Å². The van der Waals surface area contributed by atoms with Crippen LogP contribution in [0.3, 0.4) is 0 Å². The molecule has 2 N–H and O–H groups in total. The normalized spacial score (nSPS) is 10.0. The van der Waals surface area contributed by atoms with E-state index < -0.39 is 0 Å². The predicted molar refractivity (Wildman–Crippen MR) is 51.0 cm³/mol. The molecule has 5 nitrogen and oxygen atoms in total. The number of nitrogen functional groups attached to an aromatic ring is 1. The maximum Gasteiger partial charge on any atom is 0.307 e. The first-order chi connectivity index (χ1) is 6.13. The Hall–Kier alpha value is -1.04. The fraction of sp³-hybridized carbons (Fsp3) is 0.429. The Morgan fingerprint density at radius 3 is 3.00 bits per heavy atom. The van der Waals surface area contributed by atoms with E-state index in [-0.39, 0.29) is 5.97 Å². The lowest BCUT2D eigenvalue weighted by atomic mass is 10.4. The van der Waals surface area contributed by atoms with E-state index in [1.54, 1.807) is 10.9 Å². The second-order valence-electron chi connectivity index (χ2n) is 2.45. The lowest BCUT2D eigenvalue weighted by molar-refractivity contribution is -0.140. The second-order valence-corrected chi connectivity index (χ2v) is 3.31. The Bertz CT molecular complexity index is 291. The van der Waals surface area contributed by atoms with Crippen LogP contribution in [0.15, 0.2) is 10.7 Å². The third kappa shape index (κ3) is 2.73. The van der Waals surface area contributed by atoms with Crippen LogP contribution in [0.2, 0.25) is 0 Å². The number of aromatic nitrogens is 2. The van der Waals surface area contributed by atoms with Gasteiger partial charge in [-0.25, -0.2) is 0 Å². The molecule has 0 aliphatic rings. The first-order valence-corrected chi connectivity index (χ1v) is 4.48. The van der Waals surface area contributed by atoms with Gasteiger partial charge in [0.1, 0.15) is 0 Å². The van der Waals surface area contributed by atoms with Crippen LogP contribution in [0.25, 0.3) is 0 Å². The maximum absolute atomic E-state index is 10.8. The second kappa shape index (κ2) is 4.27. The van der Waals surface area contributed by atoms with Gasteiger partial charge in [0.05, 0.1) is 24.5 Å². The van der Waals surface area contributed by atoms with Crippen LogP contribution in [0.1, 0.15) is 6.42 Å². The highest BCUT2D eigenvalue weighted by Gasteiger charge is 2.04. The number of rotatable bonds is 3. The Kier molecular flexibility index (Phi) is 3.30. The summed E-state index contributed by atoms with van der Waals surface area (Å²) in [5.74, 6) is 0.162. The number of carbonyl (C=O) groups is 1. The van der Waals surface area contributed by atoms with Crippen molar-refractivity contribution in [3.05, 3.63) is 10.7 Å². The van der Waals surface area contributed by atoms with Gasteiger partial charge in [-0.15, -0.1) is 0 Å². The molecule has 1 heterocycles. The van der Waals surface area contributed by atoms with Crippen molar-refractivity contribution in [2.24, 2.45) is 0 Å². The summed E-state index contributed by atoms with van der Waals surface area (Å²) in [7, 11) is 1.36. The molecule has 0 aliphatic heterocycles. The van der Waals surface area contributed by atoms with Crippen LogP contribution in [0, 0.1) is 0 Å². The minimum atomic E-state index is -0.259. The molecule has 1 aromatic heterocycles. The highest BCUT2D eigenvalue weighted by molar-refractivity contribution is 9.10. The van der Waals surface area contributed by atoms with Crippen molar-refractivity contribution < 1.29 is 9.53 Å². The molecule has 72 valence electrons. The van der Waals surface area contributed by atoms with Crippen LogP contribution >= 0.6 is 15.9 Å². The van der Waals surface area contributed by atoms with Gasteiger partial charge < -0.3 is 10.5 Å². The van der Waals surface area contributed by atoms with Crippen LogP contribution in [0.4, 0.5) is 5.82 Å². The quantitative estimate of drug-likeness (QED) is 0.803. The van der Waals surface area contributed by atoms with E-state index in [0.29, 0.717) is 18.8 Å². The van der Waals surface area contributed by atoms with Crippen LogP contribution in [-0.2, 0) is 16.1 Å². The van der Waals surface area contributed by atoms with E-state index in [1.165, 1.54) is 7.11 Å². The number of esters is 1. The summed E-state index contributed by atoms with van der Waals surface area (Å²) in [6.45, 7) is 0.475. The van der Waals surface area contributed by atoms with E-state index in [9.17, 15) is 4.79 Å². The minimum Gasteiger partial charge on any atom is -0.469 e. The summed E-state index contributed by atoms with van der Waals surface area (Å²) in [6, 6.07) is 0. The van der Waals surface area contributed by atoms with Crippen molar-refractivity contribution in [2.45, 2.75) is 13.0 Å². The van der Waals surface area contributed by atoms with Gasteiger partial charge in [-0.3, -0.25) is 9.48 Å². The smallest absolute Gasteiger partial charge is 0.307 e.